The second kappa shape index (κ2) is 7.75. The van der Waals surface area contributed by atoms with Gasteiger partial charge in [0, 0.05) is 5.56 Å². The molecule has 0 aliphatic heterocycles. The van der Waals surface area contributed by atoms with E-state index in [4.69, 9.17) is 5.73 Å². The Morgan fingerprint density at radius 2 is 1.83 bits per heavy atom. The van der Waals surface area contributed by atoms with E-state index < -0.39 is 0 Å². The molecule has 5 nitrogen and oxygen atoms in total. The summed E-state index contributed by atoms with van der Waals surface area (Å²) in [6.07, 6.45) is 6.19. The lowest BCUT2D eigenvalue weighted by Gasteiger charge is -2.07. The van der Waals surface area contributed by atoms with Crippen LogP contribution >= 0.6 is 0 Å². The molecule has 1 radical (unpaired) electrons. The molecule has 0 bridgehead atoms. The fourth-order valence-corrected chi connectivity index (χ4v) is 1.83. The molecule has 2 aromatic rings. The van der Waals surface area contributed by atoms with Gasteiger partial charge in [0.1, 0.15) is 5.76 Å². The number of nitrogens with two attached hydrogens (primary N) is 1. The van der Waals surface area contributed by atoms with Gasteiger partial charge in [-0.25, -0.2) is 4.98 Å². The van der Waals surface area contributed by atoms with E-state index in [1.165, 1.54) is 12.2 Å². The summed E-state index contributed by atoms with van der Waals surface area (Å²) in [7, 11) is 1.77. The zero-order chi connectivity index (χ0) is 16.7. The van der Waals surface area contributed by atoms with Crippen LogP contribution < -0.4 is 11.3 Å². The Bertz CT molecular complexity index is 769. The maximum absolute atomic E-state index is 9.43. The maximum Gasteiger partial charge on any atom is 0.240 e. The average molecular weight is 303 g/mol. The lowest BCUT2D eigenvalue weighted by atomic mass is 9.64. The summed E-state index contributed by atoms with van der Waals surface area (Å²) in [6.45, 7) is 7.23. The molecule has 0 aliphatic carbocycles. The van der Waals surface area contributed by atoms with Gasteiger partial charge in [-0.15, -0.1) is 5.10 Å². The zero-order valence-electron chi connectivity index (χ0n) is 12.6. The summed E-state index contributed by atoms with van der Waals surface area (Å²) in [5.74, 6) is 0.164. The highest BCUT2D eigenvalue weighted by molar-refractivity contribution is 6.62. The predicted molar refractivity (Wildman–Crippen MR) is 94.3 cm³/mol. The van der Waals surface area contributed by atoms with Crippen molar-refractivity contribution in [1.29, 1.82) is 0 Å². The second-order valence-corrected chi connectivity index (χ2v) is 4.58. The number of nitrogen functional groups attached to an aromatic ring is 1. The molecule has 23 heavy (non-hydrogen) atoms. The van der Waals surface area contributed by atoms with Crippen molar-refractivity contribution in [2.24, 2.45) is 0 Å². The van der Waals surface area contributed by atoms with E-state index >= 15 is 0 Å². The van der Waals surface area contributed by atoms with Crippen molar-refractivity contribution in [3.63, 3.8) is 0 Å². The standard InChI is InChI=1S/C17H16BN4O/c1-3-13(10-11-14(23)4-2)18-16-15(20-17(19)22-21-16)12-8-6-5-7-9-12/h3-11,23H,1-2H2,(H2,19,20,22)/b13-10+,14-11+. The van der Waals surface area contributed by atoms with Crippen LogP contribution in [0.4, 0.5) is 5.95 Å². The third-order valence-corrected chi connectivity index (χ3v) is 2.97. The van der Waals surface area contributed by atoms with Crippen LogP contribution in [0.2, 0.25) is 0 Å². The fourth-order valence-electron chi connectivity index (χ4n) is 1.83. The first-order valence-electron chi connectivity index (χ1n) is 6.90. The molecule has 1 aromatic carbocycles. The van der Waals surface area contributed by atoms with Crippen molar-refractivity contribution in [3.8, 4) is 11.3 Å². The number of aliphatic hydroxyl groups is 1. The van der Waals surface area contributed by atoms with Crippen LogP contribution in [0.25, 0.3) is 11.3 Å². The minimum atomic E-state index is 0.0579. The third kappa shape index (κ3) is 4.41. The van der Waals surface area contributed by atoms with Gasteiger partial charge in [0.05, 0.1) is 11.3 Å². The van der Waals surface area contributed by atoms with Crippen LogP contribution in [0.1, 0.15) is 0 Å². The predicted octanol–water partition coefficient (Wildman–Crippen LogP) is 2.15. The molecule has 1 heterocycles. The molecular formula is C17H16BN4O. The van der Waals surface area contributed by atoms with E-state index in [1.807, 2.05) is 30.3 Å². The van der Waals surface area contributed by atoms with Gasteiger partial charge in [0.25, 0.3) is 0 Å². The topological polar surface area (TPSA) is 84.9 Å². The number of allylic oxidation sites excluding steroid dienone is 5. The van der Waals surface area contributed by atoms with Gasteiger partial charge >= 0.3 is 0 Å². The molecule has 0 saturated heterocycles. The second-order valence-electron chi connectivity index (χ2n) is 4.58. The van der Waals surface area contributed by atoms with E-state index in [-0.39, 0.29) is 11.7 Å². The summed E-state index contributed by atoms with van der Waals surface area (Å²) < 4.78 is 0. The molecule has 3 N–H and O–H groups in total. The van der Waals surface area contributed by atoms with E-state index in [0.29, 0.717) is 11.3 Å². The van der Waals surface area contributed by atoms with Gasteiger partial charge in [-0.3, -0.25) is 0 Å². The Labute approximate surface area is 135 Å². The molecular weight excluding hydrogens is 287 g/mol. The normalized spacial score (nSPS) is 11.8. The number of anilines is 1. The molecule has 0 saturated carbocycles. The van der Waals surface area contributed by atoms with Crippen LogP contribution in [0.15, 0.2) is 79.0 Å². The number of hydrogen-bond donors (Lipinski definition) is 2. The van der Waals surface area contributed by atoms with Crippen LogP contribution in [-0.4, -0.2) is 27.6 Å². The quantitative estimate of drug-likeness (QED) is 0.485. The summed E-state index contributed by atoms with van der Waals surface area (Å²) in [5.41, 5.74) is 8.46. The van der Waals surface area contributed by atoms with Gasteiger partial charge in [-0.05, 0) is 12.2 Å². The number of aliphatic hydroxyl groups excluding tert-OH is 1. The van der Waals surface area contributed by atoms with Gasteiger partial charge < -0.3 is 10.8 Å². The minimum absolute atomic E-state index is 0.0579. The van der Waals surface area contributed by atoms with Gasteiger partial charge in [-0.2, -0.15) is 5.10 Å². The Hall–Kier alpha value is -3.15. The molecule has 6 heteroatoms. The molecule has 2 rings (SSSR count). The van der Waals surface area contributed by atoms with Crippen LogP contribution in [0, 0.1) is 0 Å². The highest BCUT2D eigenvalue weighted by atomic mass is 16.3. The molecule has 0 spiro atoms. The molecule has 0 atom stereocenters. The van der Waals surface area contributed by atoms with Gasteiger partial charge in [0.2, 0.25) is 13.2 Å². The molecule has 0 unspecified atom stereocenters. The SMILES string of the molecule is C=C/C([B]c1nnc(N)nc1-c1ccccc1)=C\C=C(\O)C=C. The maximum atomic E-state index is 9.43. The van der Waals surface area contributed by atoms with Crippen LogP contribution in [0.5, 0.6) is 0 Å². The Balaban J connectivity index is 2.40. The molecule has 0 amide bonds. The number of benzene rings is 1. The van der Waals surface area contributed by atoms with Crippen LogP contribution in [0.3, 0.4) is 0 Å². The monoisotopic (exact) mass is 303 g/mol. The first kappa shape index (κ1) is 16.2. The number of nitrogens with zero attached hydrogens (tertiary/aromatic N) is 3. The lowest BCUT2D eigenvalue weighted by molar-refractivity contribution is 0.433. The van der Waals surface area contributed by atoms with Crippen molar-refractivity contribution in [2.45, 2.75) is 0 Å². The third-order valence-electron chi connectivity index (χ3n) is 2.97. The first-order valence-corrected chi connectivity index (χ1v) is 6.90. The summed E-state index contributed by atoms with van der Waals surface area (Å²) in [6, 6.07) is 9.57. The highest BCUT2D eigenvalue weighted by Gasteiger charge is 2.12. The number of hydrogen-bond acceptors (Lipinski definition) is 5. The van der Waals surface area contributed by atoms with Crippen molar-refractivity contribution < 1.29 is 5.11 Å². The van der Waals surface area contributed by atoms with E-state index in [0.717, 1.165) is 11.0 Å². The Kier molecular flexibility index (Phi) is 5.47. The van der Waals surface area contributed by atoms with Gasteiger partial charge in [0.15, 0.2) is 0 Å². The molecule has 1 aromatic heterocycles. The van der Waals surface area contributed by atoms with E-state index in [9.17, 15) is 5.11 Å². The van der Waals surface area contributed by atoms with E-state index in [1.54, 1.807) is 19.4 Å². The van der Waals surface area contributed by atoms with Crippen molar-refractivity contribution in [2.75, 3.05) is 5.73 Å². The van der Waals surface area contributed by atoms with Crippen molar-refractivity contribution in [3.05, 3.63) is 79.0 Å². The fraction of sp³-hybridized carbons (Fsp3) is 0. The summed E-state index contributed by atoms with van der Waals surface area (Å²) in [4.78, 5) is 4.27. The van der Waals surface area contributed by atoms with Crippen molar-refractivity contribution in [1.82, 2.24) is 15.2 Å². The molecule has 113 valence electrons. The highest BCUT2D eigenvalue weighted by Crippen LogP contribution is 2.14. The zero-order valence-corrected chi connectivity index (χ0v) is 12.6. The van der Waals surface area contributed by atoms with Crippen molar-refractivity contribution >= 4 is 18.8 Å². The minimum Gasteiger partial charge on any atom is -0.508 e. The smallest absolute Gasteiger partial charge is 0.240 e. The Morgan fingerprint density at radius 3 is 2.48 bits per heavy atom. The largest absolute Gasteiger partial charge is 0.508 e. The summed E-state index contributed by atoms with van der Waals surface area (Å²) >= 11 is 0. The molecule has 0 aliphatic rings. The average Bonchev–Trinajstić information content (AvgIpc) is 2.60. The van der Waals surface area contributed by atoms with Crippen LogP contribution in [-0.2, 0) is 0 Å². The van der Waals surface area contributed by atoms with Gasteiger partial charge in [-0.1, -0.05) is 61.1 Å². The van der Waals surface area contributed by atoms with E-state index in [2.05, 4.69) is 28.3 Å². The number of rotatable bonds is 6. The first-order chi connectivity index (χ1) is 11.1. The molecule has 0 fully saturated rings. The lowest BCUT2D eigenvalue weighted by Crippen LogP contribution is -2.26. The summed E-state index contributed by atoms with van der Waals surface area (Å²) in [5, 5.41) is 17.3. The Morgan fingerprint density at radius 1 is 1.09 bits per heavy atom. The number of aromatic nitrogens is 3.